The molecule has 0 unspecified atom stereocenters. The van der Waals surface area contributed by atoms with Crippen LogP contribution in [0, 0.1) is 0 Å². The molecule has 10 heteroatoms. The number of para-hydroxylation sites is 1. The van der Waals surface area contributed by atoms with Crippen LogP contribution in [0.2, 0.25) is 0 Å². The van der Waals surface area contributed by atoms with Gasteiger partial charge in [0.1, 0.15) is 0 Å². The maximum Gasteiger partial charge on any atom is 0.260 e. The van der Waals surface area contributed by atoms with Gasteiger partial charge in [-0.1, -0.05) is 48.5 Å². The van der Waals surface area contributed by atoms with E-state index in [1.165, 1.54) is 6.07 Å². The first kappa shape index (κ1) is 24.9. The second kappa shape index (κ2) is 10.6. The number of nitrogens with one attached hydrogen (secondary N) is 1. The highest BCUT2D eigenvalue weighted by Gasteiger charge is 2.28. The van der Waals surface area contributed by atoms with Gasteiger partial charge in [-0.25, -0.2) is 13.4 Å². The van der Waals surface area contributed by atoms with Gasteiger partial charge in [-0.2, -0.15) is 0 Å². The van der Waals surface area contributed by atoms with Gasteiger partial charge in [0.25, 0.3) is 5.91 Å². The highest BCUT2D eigenvalue weighted by Crippen LogP contribution is 2.28. The third kappa shape index (κ3) is 6.47. The molecule has 4 rings (SSSR count). The zero-order valence-corrected chi connectivity index (χ0v) is 20.6. The SMILES string of the molecule is CN(C(=O)COc1cc(NS(C)(=O)=O)c2ccccc2n1)[C@H](CN1CC[C@H](O)C1)c1ccccc1. The molecule has 0 bridgehead atoms. The lowest BCUT2D eigenvalue weighted by Gasteiger charge is -2.32. The monoisotopic (exact) mass is 498 g/mol. The van der Waals surface area contributed by atoms with Crippen molar-refractivity contribution in [3.05, 3.63) is 66.2 Å². The second-order valence-electron chi connectivity index (χ2n) is 8.82. The van der Waals surface area contributed by atoms with E-state index in [9.17, 15) is 18.3 Å². The number of aromatic nitrogens is 1. The Morgan fingerprint density at radius 1 is 1.23 bits per heavy atom. The number of benzene rings is 2. The van der Waals surface area contributed by atoms with E-state index in [1.54, 1.807) is 36.2 Å². The highest BCUT2D eigenvalue weighted by molar-refractivity contribution is 7.92. The maximum atomic E-state index is 13.1. The van der Waals surface area contributed by atoms with Crippen molar-refractivity contribution in [2.75, 3.05) is 44.3 Å². The molecule has 0 radical (unpaired) electrons. The number of sulfonamides is 1. The summed E-state index contributed by atoms with van der Waals surface area (Å²) < 4.78 is 31.9. The predicted molar refractivity (Wildman–Crippen MR) is 135 cm³/mol. The lowest BCUT2D eigenvalue weighted by atomic mass is 10.0. The van der Waals surface area contributed by atoms with Crippen LogP contribution in [0.25, 0.3) is 10.9 Å². The number of hydrogen-bond acceptors (Lipinski definition) is 7. The Hall–Kier alpha value is -3.21. The molecule has 186 valence electrons. The Balaban J connectivity index is 1.51. The molecule has 2 heterocycles. The Kier molecular flexibility index (Phi) is 7.54. The van der Waals surface area contributed by atoms with Gasteiger partial charge in [-0.05, 0) is 18.1 Å². The van der Waals surface area contributed by atoms with Crippen molar-refractivity contribution < 1.29 is 23.1 Å². The fourth-order valence-corrected chi connectivity index (χ4v) is 4.84. The topological polar surface area (TPSA) is 112 Å². The first-order valence-electron chi connectivity index (χ1n) is 11.4. The molecule has 1 aliphatic heterocycles. The highest BCUT2D eigenvalue weighted by atomic mass is 32.2. The Morgan fingerprint density at radius 3 is 2.63 bits per heavy atom. The number of aliphatic hydroxyl groups is 1. The minimum atomic E-state index is -3.52. The molecule has 2 N–H and O–H groups in total. The number of carbonyl (C=O) groups is 1. The van der Waals surface area contributed by atoms with E-state index in [-0.39, 0.29) is 30.5 Å². The van der Waals surface area contributed by atoms with E-state index >= 15 is 0 Å². The Labute approximate surface area is 205 Å². The van der Waals surface area contributed by atoms with E-state index < -0.39 is 10.0 Å². The molecular formula is C25H30N4O5S. The summed E-state index contributed by atoms with van der Waals surface area (Å²) in [6.07, 6.45) is 1.45. The van der Waals surface area contributed by atoms with E-state index in [1.807, 2.05) is 30.3 Å². The van der Waals surface area contributed by atoms with Crippen LogP contribution in [0.5, 0.6) is 5.88 Å². The number of ether oxygens (including phenoxy) is 1. The molecule has 1 aromatic heterocycles. The summed E-state index contributed by atoms with van der Waals surface area (Å²) in [4.78, 5) is 21.4. The van der Waals surface area contributed by atoms with Crippen LogP contribution < -0.4 is 9.46 Å². The zero-order valence-electron chi connectivity index (χ0n) is 19.8. The molecule has 1 saturated heterocycles. The Bertz CT molecular complexity index is 1290. The number of likely N-dealkylation sites (tertiary alicyclic amines) is 1. The average Bonchev–Trinajstić information content (AvgIpc) is 3.25. The van der Waals surface area contributed by atoms with Crippen LogP contribution in [0.1, 0.15) is 18.0 Å². The van der Waals surface area contributed by atoms with Crippen LogP contribution in [0.15, 0.2) is 60.7 Å². The second-order valence-corrected chi connectivity index (χ2v) is 10.6. The average molecular weight is 499 g/mol. The number of likely N-dealkylation sites (N-methyl/N-ethyl adjacent to an activating group) is 1. The van der Waals surface area contributed by atoms with Crippen molar-refractivity contribution in [2.24, 2.45) is 0 Å². The van der Waals surface area contributed by atoms with E-state index in [2.05, 4.69) is 14.6 Å². The Morgan fingerprint density at radius 2 is 1.94 bits per heavy atom. The number of amides is 1. The largest absolute Gasteiger partial charge is 0.467 e. The molecule has 2 atom stereocenters. The third-order valence-corrected chi connectivity index (χ3v) is 6.65. The van der Waals surface area contributed by atoms with Gasteiger partial charge in [0.15, 0.2) is 6.61 Å². The van der Waals surface area contributed by atoms with E-state index in [4.69, 9.17) is 4.74 Å². The molecule has 2 aromatic carbocycles. The number of β-amino-alcohol motifs (C(OH)–C–C–N with tert-alkyl or cyclic N) is 1. The molecule has 3 aromatic rings. The van der Waals surface area contributed by atoms with Gasteiger partial charge >= 0.3 is 0 Å². The number of fused-ring (bicyclic) bond motifs is 1. The summed E-state index contributed by atoms with van der Waals surface area (Å²) in [5.41, 5.74) is 1.88. The van der Waals surface area contributed by atoms with Crippen molar-refractivity contribution in [3.63, 3.8) is 0 Å². The first-order chi connectivity index (χ1) is 16.7. The first-order valence-corrected chi connectivity index (χ1v) is 13.3. The smallest absolute Gasteiger partial charge is 0.260 e. The standard InChI is InChI=1S/C25H30N4O5S/c1-28(23(18-8-4-3-5-9-18)16-29-13-12-19(30)15-29)25(31)17-34-24-14-22(27-35(2,32)33)20-10-6-7-11-21(20)26-24/h3-11,14,19,23,30H,12-13,15-17H2,1-2H3,(H,26,27)/t19-,23+/m0/s1. The fraction of sp³-hybridized carbons (Fsp3) is 0.360. The molecule has 0 saturated carbocycles. The molecule has 0 spiro atoms. The fourth-order valence-electron chi connectivity index (χ4n) is 4.27. The molecule has 1 amide bonds. The number of carbonyl (C=O) groups excluding carboxylic acids is 1. The maximum absolute atomic E-state index is 13.1. The summed E-state index contributed by atoms with van der Waals surface area (Å²) >= 11 is 0. The quantitative estimate of drug-likeness (QED) is 0.465. The van der Waals surface area contributed by atoms with Crippen molar-refractivity contribution >= 4 is 32.5 Å². The van der Waals surface area contributed by atoms with E-state index in [0.717, 1.165) is 24.8 Å². The minimum Gasteiger partial charge on any atom is -0.467 e. The predicted octanol–water partition coefficient (Wildman–Crippen LogP) is 2.25. The van der Waals surface area contributed by atoms with Gasteiger partial charge in [0.05, 0.1) is 29.6 Å². The summed E-state index contributed by atoms with van der Waals surface area (Å²) in [6.45, 7) is 1.70. The van der Waals surface area contributed by atoms with Crippen molar-refractivity contribution in [3.8, 4) is 5.88 Å². The third-order valence-electron chi connectivity index (χ3n) is 6.06. The zero-order chi connectivity index (χ0) is 25.0. The lowest BCUT2D eigenvalue weighted by molar-refractivity contribution is -0.134. The summed E-state index contributed by atoms with van der Waals surface area (Å²) in [5, 5.41) is 10.5. The molecule has 35 heavy (non-hydrogen) atoms. The number of anilines is 1. The van der Waals surface area contributed by atoms with Gasteiger partial charge in [0.2, 0.25) is 15.9 Å². The summed E-state index contributed by atoms with van der Waals surface area (Å²) in [6, 6.07) is 18.1. The van der Waals surface area contributed by atoms with Gasteiger partial charge < -0.3 is 14.7 Å². The van der Waals surface area contributed by atoms with Crippen LogP contribution in [0.3, 0.4) is 0 Å². The number of nitrogens with zero attached hydrogens (tertiary/aromatic N) is 3. The van der Waals surface area contributed by atoms with Crippen LogP contribution in [-0.2, 0) is 14.8 Å². The molecule has 0 aliphatic carbocycles. The number of rotatable bonds is 9. The van der Waals surface area contributed by atoms with E-state index in [0.29, 0.717) is 29.7 Å². The van der Waals surface area contributed by atoms with Crippen molar-refractivity contribution in [1.82, 2.24) is 14.8 Å². The normalized spacial score (nSPS) is 17.3. The van der Waals surface area contributed by atoms with Gasteiger partial charge in [-0.3, -0.25) is 14.4 Å². The molecular weight excluding hydrogens is 468 g/mol. The number of aliphatic hydroxyl groups excluding tert-OH is 1. The van der Waals surface area contributed by atoms with Crippen LogP contribution >= 0.6 is 0 Å². The van der Waals surface area contributed by atoms with Crippen molar-refractivity contribution in [2.45, 2.75) is 18.6 Å². The number of hydrogen-bond donors (Lipinski definition) is 2. The molecule has 1 fully saturated rings. The lowest BCUT2D eigenvalue weighted by Crippen LogP contribution is -2.41. The van der Waals surface area contributed by atoms with Crippen LogP contribution in [0.4, 0.5) is 5.69 Å². The van der Waals surface area contributed by atoms with Gasteiger partial charge in [0, 0.05) is 38.1 Å². The number of pyridine rings is 1. The summed E-state index contributed by atoms with van der Waals surface area (Å²) in [5.74, 6) is -0.0956. The van der Waals surface area contributed by atoms with Gasteiger partial charge in [-0.15, -0.1) is 0 Å². The minimum absolute atomic E-state index is 0.149. The molecule has 1 aliphatic rings. The summed E-state index contributed by atoms with van der Waals surface area (Å²) in [7, 11) is -1.78. The van der Waals surface area contributed by atoms with Crippen LogP contribution in [-0.4, -0.2) is 79.9 Å². The van der Waals surface area contributed by atoms with Crippen molar-refractivity contribution in [1.29, 1.82) is 0 Å². The molecule has 9 nitrogen and oxygen atoms in total.